The second kappa shape index (κ2) is 4.57. The Morgan fingerprint density at radius 1 is 1.27 bits per heavy atom. The van der Waals surface area contributed by atoms with Crippen molar-refractivity contribution in [3.8, 4) is 0 Å². The largest absolute Gasteiger partial charge is 0.446 e. The molecule has 4 heteroatoms. The normalized spacial score (nSPS) is 21.5. The highest BCUT2D eigenvalue weighted by Gasteiger charge is 2.28. The number of hydrogen-bond acceptors (Lipinski definition) is 3. The van der Waals surface area contributed by atoms with E-state index < -0.39 is 5.72 Å². The minimum Gasteiger partial charge on any atom is -0.446 e. The molecule has 1 aliphatic carbocycles. The molecule has 1 fully saturated rings. The molecule has 11 heavy (non-hydrogen) atoms. The molecular formula is C7H14ClNO2. The Morgan fingerprint density at radius 3 is 2.27 bits per heavy atom. The van der Waals surface area contributed by atoms with Crippen LogP contribution in [-0.4, -0.2) is 12.2 Å². The number of rotatable bonds is 2. The van der Waals surface area contributed by atoms with Crippen LogP contribution in [0.25, 0.3) is 0 Å². The van der Waals surface area contributed by atoms with Crippen molar-refractivity contribution in [2.45, 2.75) is 37.8 Å². The molecule has 0 spiro atoms. The maximum atomic E-state index is 9.98. The fraction of sp³-hybridized carbons (Fsp3) is 0.857. The fourth-order valence-corrected chi connectivity index (χ4v) is 1.36. The van der Waals surface area contributed by atoms with Gasteiger partial charge in [0.25, 0.3) is 6.47 Å². The first kappa shape index (κ1) is 10.7. The summed E-state index contributed by atoms with van der Waals surface area (Å²) < 4.78 is 4.77. The second-order valence-corrected chi connectivity index (χ2v) is 2.84. The summed E-state index contributed by atoms with van der Waals surface area (Å²) in [5.74, 6) is 0. The summed E-state index contributed by atoms with van der Waals surface area (Å²) in [5.41, 5.74) is 5.08. The molecule has 0 heterocycles. The molecule has 0 amide bonds. The van der Waals surface area contributed by atoms with Crippen molar-refractivity contribution >= 4 is 18.9 Å². The van der Waals surface area contributed by atoms with Crippen molar-refractivity contribution < 1.29 is 9.53 Å². The van der Waals surface area contributed by atoms with Gasteiger partial charge in [0.1, 0.15) is 0 Å². The van der Waals surface area contributed by atoms with Gasteiger partial charge < -0.3 is 4.74 Å². The Hall–Kier alpha value is -0.280. The molecule has 0 saturated heterocycles. The highest BCUT2D eigenvalue weighted by atomic mass is 35.5. The van der Waals surface area contributed by atoms with Gasteiger partial charge in [-0.25, -0.2) is 0 Å². The van der Waals surface area contributed by atoms with Crippen LogP contribution in [0.15, 0.2) is 0 Å². The van der Waals surface area contributed by atoms with Crippen LogP contribution in [0, 0.1) is 0 Å². The number of ether oxygens (including phenoxy) is 1. The second-order valence-electron chi connectivity index (χ2n) is 2.84. The number of carbonyl (C=O) groups excluding carboxylic acids is 1. The Bertz CT molecular complexity index is 124. The average Bonchev–Trinajstić information content (AvgIpc) is 1.89. The zero-order chi connectivity index (χ0) is 7.45. The first-order valence-electron chi connectivity index (χ1n) is 3.67. The topological polar surface area (TPSA) is 52.3 Å². The molecule has 0 aromatic heterocycles. The van der Waals surface area contributed by atoms with Gasteiger partial charge in [0, 0.05) is 12.8 Å². The molecule has 1 aliphatic rings. The van der Waals surface area contributed by atoms with Crippen LogP contribution in [0.5, 0.6) is 0 Å². The fourth-order valence-electron chi connectivity index (χ4n) is 1.36. The Kier molecular flexibility index (Phi) is 4.45. The van der Waals surface area contributed by atoms with E-state index in [1.165, 1.54) is 6.42 Å². The highest BCUT2D eigenvalue weighted by Crippen LogP contribution is 2.25. The molecule has 0 aliphatic heterocycles. The zero-order valence-electron chi connectivity index (χ0n) is 6.41. The first-order valence-corrected chi connectivity index (χ1v) is 3.67. The van der Waals surface area contributed by atoms with E-state index in [0.717, 1.165) is 25.7 Å². The minimum absolute atomic E-state index is 0. The molecule has 0 unspecified atom stereocenters. The maximum Gasteiger partial charge on any atom is 0.294 e. The van der Waals surface area contributed by atoms with Crippen LogP contribution in [0.1, 0.15) is 32.1 Å². The van der Waals surface area contributed by atoms with Crippen molar-refractivity contribution in [2.75, 3.05) is 0 Å². The molecule has 0 aromatic carbocycles. The highest BCUT2D eigenvalue weighted by molar-refractivity contribution is 5.85. The predicted octanol–water partition coefficient (Wildman–Crippen LogP) is 1.20. The van der Waals surface area contributed by atoms with Crippen molar-refractivity contribution in [3.63, 3.8) is 0 Å². The van der Waals surface area contributed by atoms with Crippen LogP contribution >= 0.6 is 12.4 Å². The third-order valence-corrected chi connectivity index (χ3v) is 1.98. The van der Waals surface area contributed by atoms with E-state index in [1.807, 2.05) is 0 Å². The van der Waals surface area contributed by atoms with E-state index in [2.05, 4.69) is 0 Å². The quantitative estimate of drug-likeness (QED) is 0.512. The third kappa shape index (κ3) is 3.08. The summed E-state index contributed by atoms with van der Waals surface area (Å²) in [4.78, 5) is 9.98. The van der Waals surface area contributed by atoms with Gasteiger partial charge in [-0.3, -0.25) is 10.5 Å². The lowest BCUT2D eigenvalue weighted by molar-refractivity contribution is -0.146. The predicted molar refractivity (Wildman–Crippen MR) is 44.4 cm³/mol. The molecule has 1 rings (SSSR count). The van der Waals surface area contributed by atoms with E-state index in [1.54, 1.807) is 0 Å². The lowest BCUT2D eigenvalue weighted by atomic mass is 9.92. The third-order valence-electron chi connectivity index (χ3n) is 1.98. The summed E-state index contributed by atoms with van der Waals surface area (Å²) in [6, 6.07) is 0. The molecule has 0 aromatic rings. The van der Waals surface area contributed by atoms with Crippen molar-refractivity contribution in [1.29, 1.82) is 0 Å². The Morgan fingerprint density at radius 2 is 1.82 bits per heavy atom. The summed E-state index contributed by atoms with van der Waals surface area (Å²) in [6.45, 7) is 0.450. The SMILES string of the molecule is Cl.NC1(OC=O)CCCCC1. The van der Waals surface area contributed by atoms with Gasteiger partial charge >= 0.3 is 0 Å². The van der Waals surface area contributed by atoms with Crippen molar-refractivity contribution in [1.82, 2.24) is 0 Å². The average molecular weight is 180 g/mol. The van der Waals surface area contributed by atoms with Gasteiger partial charge in [0.2, 0.25) is 0 Å². The van der Waals surface area contributed by atoms with Crippen LogP contribution in [0.3, 0.4) is 0 Å². The van der Waals surface area contributed by atoms with Gasteiger partial charge in [-0.2, -0.15) is 0 Å². The van der Waals surface area contributed by atoms with Gasteiger partial charge in [-0.05, 0) is 12.8 Å². The monoisotopic (exact) mass is 179 g/mol. The van der Waals surface area contributed by atoms with E-state index in [0.29, 0.717) is 6.47 Å². The van der Waals surface area contributed by atoms with Crippen LogP contribution in [-0.2, 0) is 9.53 Å². The number of halogens is 1. The molecule has 66 valence electrons. The van der Waals surface area contributed by atoms with E-state index >= 15 is 0 Å². The van der Waals surface area contributed by atoms with Gasteiger partial charge in [-0.15, -0.1) is 12.4 Å². The molecule has 1 saturated carbocycles. The van der Waals surface area contributed by atoms with Crippen LogP contribution < -0.4 is 5.73 Å². The lowest BCUT2D eigenvalue weighted by Gasteiger charge is -2.30. The molecular weight excluding hydrogens is 166 g/mol. The van der Waals surface area contributed by atoms with Gasteiger partial charge in [-0.1, -0.05) is 6.42 Å². The summed E-state index contributed by atoms with van der Waals surface area (Å²) in [6.07, 6.45) is 4.98. The summed E-state index contributed by atoms with van der Waals surface area (Å²) >= 11 is 0. The lowest BCUT2D eigenvalue weighted by Crippen LogP contribution is -2.44. The van der Waals surface area contributed by atoms with Gasteiger partial charge in [0.05, 0.1) is 0 Å². The molecule has 0 atom stereocenters. The standard InChI is InChI=1S/C7H13NO2.ClH/c8-7(10-6-9)4-2-1-3-5-7;/h6H,1-5,8H2;1H. The van der Waals surface area contributed by atoms with Crippen molar-refractivity contribution in [2.24, 2.45) is 5.73 Å². The van der Waals surface area contributed by atoms with E-state index in [9.17, 15) is 4.79 Å². The molecule has 0 radical (unpaired) electrons. The first-order chi connectivity index (χ1) is 4.77. The minimum atomic E-state index is -0.639. The molecule has 3 nitrogen and oxygen atoms in total. The summed E-state index contributed by atoms with van der Waals surface area (Å²) in [5, 5.41) is 0. The zero-order valence-corrected chi connectivity index (χ0v) is 7.23. The maximum absolute atomic E-state index is 9.98. The Balaban J connectivity index is 0.000001000. The number of nitrogens with two attached hydrogens (primary N) is 1. The van der Waals surface area contributed by atoms with Gasteiger partial charge in [0.15, 0.2) is 5.72 Å². The molecule has 2 N–H and O–H groups in total. The Labute approximate surface area is 72.7 Å². The van der Waals surface area contributed by atoms with E-state index in [-0.39, 0.29) is 12.4 Å². The smallest absolute Gasteiger partial charge is 0.294 e. The van der Waals surface area contributed by atoms with E-state index in [4.69, 9.17) is 10.5 Å². The summed E-state index contributed by atoms with van der Waals surface area (Å²) in [7, 11) is 0. The number of hydrogen-bond donors (Lipinski definition) is 1. The van der Waals surface area contributed by atoms with Crippen LogP contribution in [0.2, 0.25) is 0 Å². The number of carbonyl (C=O) groups is 1. The van der Waals surface area contributed by atoms with Crippen LogP contribution in [0.4, 0.5) is 0 Å². The molecule has 0 bridgehead atoms. The van der Waals surface area contributed by atoms with Crippen molar-refractivity contribution in [3.05, 3.63) is 0 Å².